The van der Waals surface area contributed by atoms with Crippen LogP contribution in [0.2, 0.25) is 0 Å². The first kappa shape index (κ1) is 16.5. The second-order valence-electron chi connectivity index (χ2n) is 6.65. The van der Waals surface area contributed by atoms with E-state index in [0.29, 0.717) is 13.1 Å². The van der Waals surface area contributed by atoms with Crippen molar-refractivity contribution >= 4 is 11.8 Å². The topological polar surface area (TPSA) is 49.4 Å². The van der Waals surface area contributed by atoms with Crippen molar-refractivity contribution in [1.29, 1.82) is 0 Å². The summed E-state index contributed by atoms with van der Waals surface area (Å²) < 4.78 is 0. The van der Waals surface area contributed by atoms with Gasteiger partial charge < -0.3 is 10.2 Å². The molecule has 0 saturated carbocycles. The molecule has 1 aliphatic rings. The third kappa shape index (κ3) is 3.32. The fraction of sp³-hybridized carbons (Fsp3) is 0.556. The summed E-state index contributed by atoms with van der Waals surface area (Å²) >= 11 is 0. The second-order valence-corrected chi connectivity index (χ2v) is 6.65. The Bertz CT molecular complexity index is 566. The lowest BCUT2D eigenvalue weighted by Gasteiger charge is -2.35. The lowest BCUT2D eigenvalue weighted by atomic mass is 9.88. The van der Waals surface area contributed by atoms with E-state index in [0.717, 1.165) is 12.8 Å². The monoisotopic (exact) mass is 302 g/mol. The van der Waals surface area contributed by atoms with Gasteiger partial charge in [-0.2, -0.15) is 0 Å². The molecule has 0 radical (unpaired) electrons. The van der Waals surface area contributed by atoms with Gasteiger partial charge in [-0.15, -0.1) is 0 Å². The fourth-order valence-corrected chi connectivity index (χ4v) is 2.67. The van der Waals surface area contributed by atoms with E-state index < -0.39 is 5.41 Å². The number of hydrogen-bond donors (Lipinski definition) is 1. The molecule has 0 saturated heterocycles. The van der Waals surface area contributed by atoms with Crippen molar-refractivity contribution in [2.24, 2.45) is 5.41 Å². The number of amides is 2. The van der Waals surface area contributed by atoms with Crippen LogP contribution in [0.3, 0.4) is 0 Å². The van der Waals surface area contributed by atoms with Crippen LogP contribution in [0.25, 0.3) is 0 Å². The van der Waals surface area contributed by atoms with E-state index in [1.807, 2.05) is 26.0 Å². The van der Waals surface area contributed by atoms with Gasteiger partial charge in [0, 0.05) is 19.1 Å². The first-order chi connectivity index (χ1) is 10.4. The van der Waals surface area contributed by atoms with Crippen LogP contribution in [-0.4, -0.2) is 29.3 Å². The average molecular weight is 302 g/mol. The first-order valence-electron chi connectivity index (χ1n) is 8.03. The summed E-state index contributed by atoms with van der Waals surface area (Å²) in [6, 6.07) is 8.27. The Labute approximate surface area is 132 Å². The highest BCUT2D eigenvalue weighted by Gasteiger charge is 2.40. The molecule has 0 aromatic heterocycles. The van der Waals surface area contributed by atoms with Crippen molar-refractivity contribution in [1.82, 2.24) is 10.2 Å². The molecule has 1 atom stereocenters. The molecular weight excluding hydrogens is 276 g/mol. The number of fused-ring (bicyclic) bond motifs is 1. The Morgan fingerprint density at radius 3 is 2.55 bits per heavy atom. The normalized spacial score (nSPS) is 15.9. The van der Waals surface area contributed by atoms with Gasteiger partial charge in [0.1, 0.15) is 5.41 Å². The molecule has 0 spiro atoms. The molecule has 1 unspecified atom stereocenters. The van der Waals surface area contributed by atoms with Crippen LogP contribution in [0.1, 0.15) is 45.2 Å². The van der Waals surface area contributed by atoms with Gasteiger partial charge in [0.05, 0.1) is 0 Å². The van der Waals surface area contributed by atoms with E-state index in [2.05, 4.69) is 17.4 Å². The maximum absolute atomic E-state index is 12.8. The van der Waals surface area contributed by atoms with Gasteiger partial charge >= 0.3 is 0 Å². The summed E-state index contributed by atoms with van der Waals surface area (Å²) in [5, 5.41) is 2.92. The zero-order chi connectivity index (χ0) is 16.3. The minimum atomic E-state index is -1.03. The molecule has 0 aliphatic carbocycles. The smallest absolute Gasteiger partial charge is 0.238 e. The first-order valence-corrected chi connectivity index (χ1v) is 8.03. The number of rotatable bonds is 4. The van der Waals surface area contributed by atoms with E-state index in [-0.39, 0.29) is 17.9 Å². The fourth-order valence-electron chi connectivity index (χ4n) is 2.67. The molecule has 4 heteroatoms. The summed E-state index contributed by atoms with van der Waals surface area (Å²) in [4.78, 5) is 27.0. The van der Waals surface area contributed by atoms with Crippen LogP contribution in [0, 0.1) is 5.41 Å². The van der Waals surface area contributed by atoms with Crippen molar-refractivity contribution in [3.63, 3.8) is 0 Å². The SMILES string of the molecule is CCC(C)NC(=O)C(C)(C)C(=O)N1CCc2ccccc2C1. The number of carbonyl (C=O) groups excluding carboxylic acids is 2. The highest BCUT2D eigenvalue weighted by molar-refractivity contribution is 6.04. The molecule has 4 nitrogen and oxygen atoms in total. The largest absolute Gasteiger partial charge is 0.353 e. The number of hydrogen-bond acceptors (Lipinski definition) is 2. The van der Waals surface area contributed by atoms with Crippen molar-refractivity contribution in [3.8, 4) is 0 Å². The van der Waals surface area contributed by atoms with Gasteiger partial charge in [0.15, 0.2) is 0 Å². The Kier molecular flexibility index (Phi) is 4.89. The lowest BCUT2D eigenvalue weighted by molar-refractivity contribution is -0.149. The summed E-state index contributed by atoms with van der Waals surface area (Å²) in [6.07, 6.45) is 1.71. The third-order valence-corrected chi connectivity index (χ3v) is 4.51. The Hall–Kier alpha value is -1.84. The molecule has 120 valence electrons. The molecule has 1 aliphatic heterocycles. The van der Waals surface area contributed by atoms with Crippen molar-refractivity contribution in [2.75, 3.05) is 6.54 Å². The molecule has 1 aromatic rings. The van der Waals surface area contributed by atoms with Crippen molar-refractivity contribution in [2.45, 2.75) is 53.1 Å². The number of carbonyl (C=O) groups is 2. The van der Waals surface area contributed by atoms with Crippen LogP contribution in [0.5, 0.6) is 0 Å². The van der Waals surface area contributed by atoms with Crippen LogP contribution >= 0.6 is 0 Å². The Balaban J connectivity index is 2.09. The minimum Gasteiger partial charge on any atom is -0.353 e. The van der Waals surface area contributed by atoms with Crippen LogP contribution < -0.4 is 5.32 Å². The van der Waals surface area contributed by atoms with Crippen LogP contribution in [-0.2, 0) is 22.6 Å². The van der Waals surface area contributed by atoms with Gasteiger partial charge in [-0.1, -0.05) is 31.2 Å². The summed E-state index contributed by atoms with van der Waals surface area (Å²) in [5.41, 5.74) is 1.45. The highest BCUT2D eigenvalue weighted by atomic mass is 16.2. The quantitative estimate of drug-likeness (QED) is 0.869. The molecular formula is C18H26N2O2. The standard InChI is InChI=1S/C18H26N2O2/c1-5-13(2)19-16(21)18(3,4)17(22)20-11-10-14-8-6-7-9-15(14)12-20/h6-9,13H,5,10-12H2,1-4H3,(H,19,21). The van der Waals surface area contributed by atoms with Crippen molar-refractivity contribution in [3.05, 3.63) is 35.4 Å². The molecule has 22 heavy (non-hydrogen) atoms. The van der Waals surface area contributed by atoms with Gasteiger partial charge in [-0.25, -0.2) is 0 Å². The van der Waals surface area contributed by atoms with E-state index in [1.54, 1.807) is 18.7 Å². The lowest BCUT2D eigenvalue weighted by Crippen LogP contribution is -2.52. The maximum atomic E-state index is 12.8. The number of nitrogens with zero attached hydrogens (tertiary/aromatic N) is 1. The summed E-state index contributed by atoms with van der Waals surface area (Å²) in [6.45, 7) is 8.67. The van der Waals surface area contributed by atoms with Gasteiger partial charge in [0.25, 0.3) is 0 Å². The number of nitrogens with one attached hydrogen (secondary N) is 1. The second kappa shape index (κ2) is 6.51. The highest BCUT2D eigenvalue weighted by Crippen LogP contribution is 2.25. The van der Waals surface area contributed by atoms with E-state index in [9.17, 15) is 9.59 Å². The zero-order valence-electron chi connectivity index (χ0n) is 14.0. The molecule has 1 heterocycles. The molecule has 1 N–H and O–H groups in total. The third-order valence-electron chi connectivity index (χ3n) is 4.51. The van der Waals surface area contributed by atoms with Crippen LogP contribution in [0.4, 0.5) is 0 Å². The average Bonchev–Trinajstić information content (AvgIpc) is 2.53. The van der Waals surface area contributed by atoms with E-state index >= 15 is 0 Å². The van der Waals surface area contributed by atoms with Gasteiger partial charge in [-0.3, -0.25) is 9.59 Å². The molecule has 0 bridgehead atoms. The minimum absolute atomic E-state index is 0.0849. The molecule has 2 amide bonds. The van der Waals surface area contributed by atoms with Crippen LogP contribution in [0.15, 0.2) is 24.3 Å². The van der Waals surface area contributed by atoms with E-state index in [4.69, 9.17) is 0 Å². The molecule has 2 rings (SSSR count). The van der Waals surface area contributed by atoms with Gasteiger partial charge in [0.2, 0.25) is 11.8 Å². The molecule has 0 fully saturated rings. The maximum Gasteiger partial charge on any atom is 0.238 e. The number of benzene rings is 1. The Morgan fingerprint density at radius 1 is 1.27 bits per heavy atom. The van der Waals surface area contributed by atoms with Gasteiger partial charge in [-0.05, 0) is 44.7 Å². The molecule has 1 aromatic carbocycles. The Morgan fingerprint density at radius 2 is 1.91 bits per heavy atom. The van der Waals surface area contributed by atoms with Crippen molar-refractivity contribution < 1.29 is 9.59 Å². The summed E-state index contributed by atoms with van der Waals surface area (Å²) in [7, 11) is 0. The predicted molar refractivity (Wildman–Crippen MR) is 87.2 cm³/mol. The van der Waals surface area contributed by atoms with E-state index in [1.165, 1.54) is 11.1 Å². The summed E-state index contributed by atoms with van der Waals surface area (Å²) in [5.74, 6) is -0.284. The zero-order valence-corrected chi connectivity index (χ0v) is 14.0. The predicted octanol–water partition coefficient (Wildman–Crippen LogP) is 2.51.